The van der Waals surface area contributed by atoms with E-state index in [1.165, 1.54) is 19.2 Å². The van der Waals surface area contributed by atoms with Crippen LogP contribution in [0, 0.1) is 5.92 Å². The zero-order chi connectivity index (χ0) is 18.8. The fourth-order valence-corrected chi connectivity index (χ4v) is 2.87. The van der Waals surface area contributed by atoms with Crippen LogP contribution < -0.4 is 5.32 Å². The molecule has 1 aromatic carbocycles. The molecule has 0 amide bonds. The third-order valence-corrected chi connectivity index (χ3v) is 4.23. The number of hydrogen-bond acceptors (Lipinski definition) is 4. The molecule has 0 aliphatic heterocycles. The lowest BCUT2D eigenvalue weighted by molar-refractivity contribution is -0.143. The molecule has 2 rings (SSSR count). The van der Waals surface area contributed by atoms with Gasteiger partial charge in [-0.05, 0) is 30.5 Å². The number of benzene rings is 1. The fourth-order valence-electron chi connectivity index (χ4n) is 2.87. The van der Waals surface area contributed by atoms with Crippen molar-refractivity contribution in [3.63, 3.8) is 0 Å². The average molecular weight is 355 g/mol. The van der Waals surface area contributed by atoms with Crippen LogP contribution in [0.2, 0.25) is 0 Å². The van der Waals surface area contributed by atoms with Gasteiger partial charge in [-0.1, -0.05) is 26.0 Å². The predicted molar refractivity (Wildman–Crippen MR) is 86.4 cm³/mol. The van der Waals surface area contributed by atoms with Crippen LogP contribution in [0.5, 0.6) is 0 Å². The number of alkyl halides is 3. The van der Waals surface area contributed by atoms with Crippen molar-refractivity contribution in [2.75, 3.05) is 7.11 Å². The highest BCUT2D eigenvalue weighted by Gasteiger charge is 2.35. The molecule has 0 saturated heterocycles. The van der Waals surface area contributed by atoms with Crippen molar-refractivity contribution < 1.29 is 27.5 Å². The summed E-state index contributed by atoms with van der Waals surface area (Å²) >= 11 is 0. The molecule has 2 atom stereocenters. The lowest BCUT2D eigenvalue weighted by atomic mass is 9.98. The van der Waals surface area contributed by atoms with Gasteiger partial charge in [0, 0.05) is 17.2 Å². The normalized spacial score (nSPS) is 19.1. The molecule has 7 heteroatoms. The zero-order valence-electron chi connectivity index (χ0n) is 14.2. The number of hydrogen-bond donors (Lipinski definition) is 1. The molecule has 1 N–H and O–H groups in total. The number of carbonyl (C=O) groups excluding carboxylic acids is 2. The average Bonchev–Trinajstić information content (AvgIpc) is 2.85. The van der Waals surface area contributed by atoms with Crippen LogP contribution in [0.15, 0.2) is 30.0 Å². The molecule has 0 saturated carbocycles. The molecule has 4 nitrogen and oxygen atoms in total. The van der Waals surface area contributed by atoms with Gasteiger partial charge in [-0.15, -0.1) is 0 Å². The maximum atomic E-state index is 13.0. The van der Waals surface area contributed by atoms with E-state index < -0.39 is 23.8 Å². The predicted octanol–water partition coefficient (Wildman–Crippen LogP) is 3.57. The van der Waals surface area contributed by atoms with E-state index >= 15 is 0 Å². The summed E-state index contributed by atoms with van der Waals surface area (Å²) in [4.78, 5) is 24.3. The number of ether oxygens (including phenoxy) is 1. The Morgan fingerprint density at radius 2 is 2.08 bits per heavy atom. The van der Waals surface area contributed by atoms with Gasteiger partial charge in [0.2, 0.25) is 0 Å². The fraction of sp³-hybridized carbons (Fsp3) is 0.444. The van der Waals surface area contributed by atoms with Gasteiger partial charge in [-0.3, -0.25) is 4.79 Å². The van der Waals surface area contributed by atoms with E-state index in [0.717, 1.165) is 12.1 Å². The lowest BCUT2D eigenvalue weighted by Gasteiger charge is -2.18. The van der Waals surface area contributed by atoms with E-state index in [-0.39, 0.29) is 22.8 Å². The maximum Gasteiger partial charge on any atom is 0.416 e. The summed E-state index contributed by atoms with van der Waals surface area (Å²) in [5.41, 5.74) is 0.0747. The minimum atomic E-state index is -4.49. The van der Waals surface area contributed by atoms with Crippen LogP contribution in [-0.2, 0) is 20.5 Å². The highest BCUT2D eigenvalue weighted by molar-refractivity contribution is 6.24. The van der Waals surface area contributed by atoms with E-state index in [1.54, 1.807) is 13.8 Å². The summed E-state index contributed by atoms with van der Waals surface area (Å²) < 4.78 is 43.6. The lowest BCUT2D eigenvalue weighted by Crippen LogP contribution is -2.36. The number of Topliss-reactive ketones (excluding diaryl/α,β-unsaturated/α-hetero) is 1. The summed E-state index contributed by atoms with van der Waals surface area (Å²) in [6.45, 7) is 3.49. The quantitative estimate of drug-likeness (QED) is 0.821. The van der Waals surface area contributed by atoms with E-state index in [2.05, 4.69) is 5.32 Å². The Hall–Kier alpha value is -2.31. The number of esters is 1. The third-order valence-electron chi connectivity index (χ3n) is 4.23. The van der Waals surface area contributed by atoms with Crippen molar-refractivity contribution in [1.29, 1.82) is 0 Å². The standard InChI is InChI=1S/C18H20F3NO3/c1-4-13(17(24)25-3)22-14-8-10(2)16(23)15(14)11-6-5-7-12(9-11)18(19,20)21/h5-7,9-10,13,22H,4,8H2,1-3H3. The zero-order valence-corrected chi connectivity index (χ0v) is 14.2. The SMILES string of the molecule is CCC(NC1=C(c2cccc(C(F)(F)F)c2)C(=O)C(C)C1)C(=O)OC. The molecule has 0 spiro atoms. The van der Waals surface area contributed by atoms with Crippen molar-refractivity contribution in [1.82, 2.24) is 5.32 Å². The number of ketones is 1. The Kier molecular flexibility index (Phi) is 5.55. The number of carbonyl (C=O) groups is 2. The molecule has 1 aromatic rings. The highest BCUT2D eigenvalue weighted by atomic mass is 19.4. The molecule has 1 aliphatic carbocycles. The third kappa shape index (κ3) is 4.03. The largest absolute Gasteiger partial charge is 0.467 e. The van der Waals surface area contributed by atoms with E-state index in [9.17, 15) is 22.8 Å². The summed E-state index contributed by atoms with van der Waals surface area (Å²) in [5.74, 6) is -1.07. The first kappa shape index (κ1) is 19.0. The minimum absolute atomic E-state index is 0.200. The van der Waals surface area contributed by atoms with Crippen molar-refractivity contribution in [3.05, 3.63) is 41.1 Å². The monoisotopic (exact) mass is 355 g/mol. The van der Waals surface area contributed by atoms with Crippen molar-refractivity contribution >= 4 is 17.3 Å². The summed E-state index contributed by atoms with van der Waals surface area (Å²) in [6.07, 6.45) is -3.72. The molecule has 0 bridgehead atoms. The topological polar surface area (TPSA) is 55.4 Å². The number of methoxy groups -OCH3 is 1. The molecule has 0 aromatic heterocycles. The van der Waals surface area contributed by atoms with E-state index in [1.807, 2.05) is 0 Å². The van der Waals surface area contributed by atoms with E-state index in [0.29, 0.717) is 18.5 Å². The van der Waals surface area contributed by atoms with Gasteiger partial charge in [-0.2, -0.15) is 13.2 Å². The van der Waals surface area contributed by atoms with E-state index in [4.69, 9.17) is 4.74 Å². The van der Waals surface area contributed by atoms with Crippen LogP contribution in [-0.4, -0.2) is 24.9 Å². The van der Waals surface area contributed by atoms with Crippen molar-refractivity contribution in [2.24, 2.45) is 5.92 Å². The van der Waals surface area contributed by atoms with Crippen LogP contribution in [0.3, 0.4) is 0 Å². The number of halogens is 3. The maximum absolute atomic E-state index is 13.0. The molecule has 0 heterocycles. The number of nitrogens with one attached hydrogen (secondary N) is 1. The molecule has 0 fully saturated rings. The first-order chi connectivity index (χ1) is 11.7. The molecular weight excluding hydrogens is 335 g/mol. The van der Waals surface area contributed by atoms with Gasteiger partial charge in [0.05, 0.1) is 12.7 Å². The van der Waals surface area contributed by atoms with Crippen LogP contribution in [0.1, 0.15) is 37.8 Å². The number of rotatable bonds is 5. The Morgan fingerprint density at radius 1 is 1.40 bits per heavy atom. The van der Waals surface area contributed by atoms with Gasteiger partial charge in [-0.25, -0.2) is 4.79 Å². The van der Waals surface area contributed by atoms with Gasteiger partial charge < -0.3 is 10.1 Å². The minimum Gasteiger partial charge on any atom is -0.467 e. The van der Waals surface area contributed by atoms with Crippen LogP contribution in [0.4, 0.5) is 13.2 Å². The van der Waals surface area contributed by atoms with Crippen LogP contribution >= 0.6 is 0 Å². The van der Waals surface area contributed by atoms with Gasteiger partial charge in [0.25, 0.3) is 0 Å². The van der Waals surface area contributed by atoms with Crippen molar-refractivity contribution in [3.8, 4) is 0 Å². The summed E-state index contributed by atoms with van der Waals surface area (Å²) in [6, 6.07) is 4.02. The van der Waals surface area contributed by atoms with Crippen LogP contribution in [0.25, 0.3) is 5.57 Å². The molecule has 0 radical (unpaired) electrons. The smallest absolute Gasteiger partial charge is 0.416 e. The molecule has 25 heavy (non-hydrogen) atoms. The Labute approximate surface area is 144 Å². The highest BCUT2D eigenvalue weighted by Crippen LogP contribution is 2.36. The van der Waals surface area contributed by atoms with Crippen molar-refractivity contribution in [2.45, 2.75) is 38.9 Å². The summed E-state index contributed by atoms with van der Waals surface area (Å²) in [7, 11) is 1.26. The molecule has 136 valence electrons. The molecular formula is C18H20F3NO3. The summed E-state index contributed by atoms with van der Waals surface area (Å²) in [5, 5.41) is 2.99. The Bertz CT molecular complexity index is 710. The Balaban J connectivity index is 2.46. The van der Waals surface area contributed by atoms with Gasteiger partial charge >= 0.3 is 12.1 Å². The second kappa shape index (κ2) is 7.29. The van der Waals surface area contributed by atoms with Gasteiger partial charge in [0.15, 0.2) is 5.78 Å². The first-order valence-electron chi connectivity index (χ1n) is 7.98. The molecule has 1 aliphatic rings. The molecule has 2 unspecified atom stereocenters. The first-order valence-corrected chi connectivity index (χ1v) is 7.98. The second-order valence-corrected chi connectivity index (χ2v) is 6.03. The number of allylic oxidation sites excluding steroid dienone is 2. The Morgan fingerprint density at radius 3 is 2.64 bits per heavy atom. The second-order valence-electron chi connectivity index (χ2n) is 6.03. The van der Waals surface area contributed by atoms with Gasteiger partial charge in [0.1, 0.15) is 6.04 Å².